The molecule has 9 nitrogen and oxygen atoms in total. The van der Waals surface area contributed by atoms with Crippen LogP contribution in [0.25, 0.3) is 0 Å². The van der Waals surface area contributed by atoms with E-state index in [2.05, 4.69) is 19.2 Å². The Kier molecular flexibility index (Phi) is 37.0. The molecule has 9 heteroatoms. The number of carbonyl (C=O) groups excluding carboxylic acids is 1. The van der Waals surface area contributed by atoms with Gasteiger partial charge in [0.25, 0.3) is 0 Å². The number of amides is 1. The molecule has 0 aromatic rings. The van der Waals surface area contributed by atoms with Crippen molar-refractivity contribution in [3.05, 3.63) is 12.2 Å². The molecule has 0 bridgehead atoms. The van der Waals surface area contributed by atoms with Gasteiger partial charge in [0.1, 0.15) is 24.4 Å². The summed E-state index contributed by atoms with van der Waals surface area (Å²) in [5.74, 6) is -0.193. The third kappa shape index (κ3) is 29.7. The van der Waals surface area contributed by atoms with Crippen molar-refractivity contribution in [3.8, 4) is 0 Å². The van der Waals surface area contributed by atoms with E-state index >= 15 is 0 Å². The zero-order valence-electron chi connectivity index (χ0n) is 37.1. The van der Waals surface area contributed by atoms with Crippen LogP contribution in [0.4, 0.5) is 0 Å². The molecule has 0 radical (unpaired) electrons. The number of rotatable bonds is 41. The summed E-state index contributed by atoms with van der Waals surface area (Å²) < 4.78 is 11.1. The molecule has 6 N–H and O–H groups in total. The Labute approximate surface area is 350 Å². The van der Waals surface area contributed by atoms with Crippen LogP contribution in [0, 0.1) is 0 Å². The van der Waals surface area contributed by atoms with E-state index in [9.17, 15) is 30.3 Å². The first-order chi connectivity index (χ1) is 27.8. The Morgan fingerprint density at radius 3 is 1.37 bits per heavy atom. The fraction of sp³-hybridized carbons (Fsp3) is 0.938. The van der Waals surface area contributed by atoms with Gasteiger partial charge in [0.05, 0.1) is 25.4 Å². The maximum absolute atomic E-state index is 12.7. The van der Waals surface area contributed by atoms with Gasteiger partial charge in [0.15, 0.2) is 6.29 Å². The standard InChI is InChI=1S/C48H93NO8/c1-3-5-7-9-10-11-12-13-14-15-16-17-18-19-20-21-22-23-24-25-26-27-28-29-30-31-32-33-34-35-37-42(51)41(49-44(52)38-36-8-6-4-2)40-56-48-47(55)46(54)45(53)43(39-50)57-48/h35,37,41-43,45-48,50-51,53-55H,3-34,36,38-40H2,1-2H3,(H,49,52)/b37-35+. The monoisotopic (exact) mass is 812 g/mol. The van der Waals surface area contributed by atoms with Crippen molar-refractivity contribution in [2.24, 2.45) is 0 Å². The zero-order valence-corrected chi connectivity index (χ0v) is 37.1. The quantitative estimate of drug-likeness (QED) is 0.0264. The van der Waals surface area contributed by atoms with E-state index in [0.717, 1.165) is 44.9 Å². The molecular weight excluding hydrogens is 719 g/mol. The van der Waals surface area contributed by atoms with Crippen LogP contribution in [0.3, 0.4) is 0 Å². The summed E-state index contributed by atoms with van der Waals surface area (Å²) >= 11 is 0. The zero-order chi connectivity index (χ0) is 41.6. The summed E-state index contributed by atoms with van der Waals surface area (Å²) in [4.78, 5) is 12.7. The second kappa shape index (κ2) is 39.1. The van der Waals surface area contributed by atoms with Gasteiger partial charge in [-0.3, -0.25) is 4.79 Å². The van der Waals surface area contributed by atoms with Crippen LogP contribution in [-0.4, -0.2) is 87.5 Å². The third-order valence-corrected chi connectivity index (χ3v) is 11.9. The highest BCUT2D eigenvalue weighted by molar-refractivity contribution is 5.76. The molecule has 1 heterocycles. The van der Waals surface area contributed by atoms with Crippen LogP contribution in [0.1, 0.15) is 232 Å². The lowest BCUT2D eigenvalue weighted by Crippen LogP contribution is -2.60. The van der Waals surface area contributed by atoms with Gasteiger partial charge in [0.2, 0.25) is 5.91 Å². The van der Waals surface area contributed by atoms with Crippen molar-refractivity contribution < 1.29 is 39.8 Å². The fourth-order valence-corrected chi connectivity index (χ4v) is 7.92. The highest BCUT2D eigenvalue weighted by atomic mass is 16.7. The maximum atomic E-state index is 12.7. The molecule has 1 fully saturated rings. The number of ether oxygens (including phenoxy) is 2. The Morgan fingerprint density at radius 1 is 0.579 bits per heavy atom. The molecule has 0 aromatic heterocycles. The molecule has 1 aliphatic heterocycles. The molecule has 0 aliphatic carbocycles. The number of allylic oxidation sites excluding steroid dienone is 1. The lowest BCUT2D eigenvalue weighted by atomic mass is 9.99. The molecule has 1 aliphatic rings. The van der Waals surface area contributed by atoms with Gasteiger partial charge in [-0.2, -0.15) is 0 Å². The molecule has 1 amide bonds. The fourth-order valence-electron chi connectivity index (χ4n) is 7.92. The molecule has 338 valence electrons. The number of unbranched alkanes of at least 4 members (excludes halogenated alkanes) is 31. The number of aliphatic hydroxyl groups excluding tert-OH is 5. The van der Waals surface area contributed by atoms with Gasteiger partial charge < -0.3 is 40.3 Å². The molecule has 0 spiro atoms. The van der Waals surface area contributed by atoms with Gasteiger partial charge in [-0.15, -0.1) is 0 Å². The Balaban J connectivity index is 2.05. The summed E-state index contributed by atoms with van der Waals surface area (Å²) in [7, 11) is 0. The van der Waals surface area contributed by atoms with E-state index in [1.807, 2.05) is 6.08 Å². The molecule has 7 unspecified atom stereocenters. The van der Waals surface area contributed by atoms with Crippen LogP contribution in [-0.2, 0) is 14.3 Å². The predicted octanol–water partition coefficient (Wildman–Crippen LogP) is 10.5. The highest BCUT2D eigenvalue weighted by Gasteiger charge is 2.44. The molecule has 0 aromatic carbocycles. The minimum Gasteiger partial charge on any atom is -0.394 e. The largest absolute Gasteiger partial charge is 0.394 e. The Bertz CT molecular complexity index is 904. The summed E-state index contributed by atoms with van der Waals surface area (Å²) in [5, 5.41) is 53.8. The summed E-state index contributed by atoms with van der Waals surface area (Å²) in [6.45, 7) is 3.66. The lowest BCUT2D eigenvalue weighted by Gasteiger charge is -2.40. The van der Waals surface area contributed by atoms with Crippen molar-refractivity contribution in [3.63, 3.8) is 0 Å². The van der Waals surface area contributed by atoms with Crippen molar-refractivity contribution in [2.45, 2.75) is 275 Å². The van der Waals surface area contributed by atoms with Gasteiger partial charge in [-0.1, -0.05) is 219 Å². The van der Waals surface area contributed by atoms with E-state index in [4.69, 9.17) is 9.47 Å². The third-order valence-electron chi connectivity index (χ3n) is 11.9. The van der Waals surface area contributed by atoms with Crippen LogP contribution in [0.5, 0.6) is 0 Å². The SMILES string of the molecule is CCCCCCCCCCCCCCCCCCCCCCCCCCCCCC/C=C/C(O)C(COC1OC(CO)C(O)C(O)C1O)NC(=O)CCCCCC. The summed E-state index contributed by atoms with van der Waals surface area (Å²) in [5.41, 5.74) is 0. The topological polar surface area (TPSA) is 149 Å². The second-order valence-corrected chi connectivity index (χ2v) is 17.3. The average Bonchev–Trinajstić information content (AvgIpc) is 3.21. The first-order valence-electron chi connectivity index (χ1n) is 24.4. The average molecular weight is 812 g/mol. The molecule has 1 rings (SSSR count). The maximum Gasteiger partial charge on any atom is 0.220 e. The molecule has 0 saturated carbocycles. The van der Waals surface area contributed by atoms with Gasteiger partial charge >= 0.3 is 0 Å². The molecule has 1 saturated heterocycles. The Hall–Kier alpha value is -1.07. The Morgan fingerprint density at radius 2 is 0.965 bits per heavy atom. The number of nitrogens with one attached hydrogen (secondary N) is 1. The smallest absolute Gasteiger partial charge is 0.220 e. The molecule has 7 atom stereocenters. The van der Waals surface area contributed by atoms with Crippen LogP contribution < -0.4 is 5.32 Å². The van der Waals surface area contributed by atoms with Crippen LogP contribution >= 0.6 is 0 Å². The van der Waals surface area contributed by atoms with Crippen molar-refractivity contribution >= 4 is 5.91 Å². The van der Waals surface area contributed by atoms with E-state index in [0.29, 0.717) is 6.42 Å². The number of hydrogen-bond donors (Lipinski definition) is 6. The second-order valence-electron chi connectivity index (χ2n) is 17.3. The van der Waals surface area contributed by atoms with E-state index in [-0.39, 0.29) is 12.5 Å². The summed E-state index contributed by atoms with van der Waals surface area (Å²) in [6.07, 6.45) is 39.3. The predicted molar refractivity (Wildman–Crippen MR) is 235 cm³/mol. The van der Waals surface area contributed by atoms with E-state index < -0.39 is 49.5 Å². The first-order valence-corrected chi connectivity index (χ1v) is 24.4. The van der Waals surface area contributed by atoms with Crippen molar-refractivity contribution in [1.82, 2.24) is 5.32 Å². The van der Waals surface area contributed by atoms with Crippen molar-refractivity contribution in [2.75, 3.05) is 13.2 Å². The highest BCUT2D eigenvalue weighted by Crippen LogP contribution is 2.23. The van der Waals surface area contributed by atoms with Crippen molar-refractivity contribution in [1.29, 1.82) is 0 Å². The number of aliphatic hydroxyl groups is 5. The number of carbonyl (C=O) groups is 1. The van der Waals surface area contributed by atoms with Crippen LogP contribution in [0.2, 0.25) is 0 Å². The normalized spacial score (nSPS) is 21.0. The number of hydrogen-bond acceptors (Lipinski definition) is 8. The minimum atomic E-state index is -1.56. The van der Waals surface area contributed by atoms with E-state index in [1.54, 1.807) is 6.08 Å². The first kappa shape index (κ1) is 53.9. The lowest BCUT2D eigenvalue weighted by molar-refractivity contribution is -0.302. The molecular formula is C48H93NO8. The van der Waals surface area contributed by atoms with Gasteiger partial charge in [0, 0.05) is 6.42 Å². The molecule has 57 heavy (non-hydrogen) atoms. The van der Waals surface area contributed by atoms with Gasteiger partial charge in [-0.25, -0.2) is 0 Å². The van der Waals surface area contributed by atoms with E-state index in [1.165, 1.54) is 167 Å². The summed E-state index contributed by atoms with van der Waals surface area (Å²) in [6, 6.07) is -0.795. The van der Waals surface area contributed by atoms with Crippen LogP contribution in [0.15, 0.2) is 12.2 Å². The minimum absolute atomic E-state index is 0.186. The van der Waals surface area contributed by atoms with Gasteiger partial charge in [-0.05, 0) is 19.3 Å².